The molecule has 0 radical (unpaired) electrons. The van der Waals surface area contributed by atoms with Crippen molar-refractivity contribution >= 4 is 35.1 Å². The zero-order valence-corrected chi connectivity index (χ0v) is 13.4. The average Bonchev–Trinajstić information content (AvgIpc) is 2.56. The minimum absolute atomic E-state index is 0.225. The molecule has 6 heteroatoms. The van der Waals surface area contributed by atoms with Crippen LogP contribution in [0.1, 0.15) is 6.92 Å². The number of ether oxygens (including phenoxy) is 1. The first-order chi connectivity index (χ1) is 11.2. The molecule has 1 heterocycles. The maximum atomic E-state index is 12.5. The van der Waals surface area contributed by atoms with Gasteiger partial charge in [-0.3, -0.25) is 4.79 Å². The van der Waals surface area contributed by atoms with Crippen LogP contribution in [0.15, 0.2) is 53.4 Å². The number of nitrogens with one attached hydrogen (secondary N) is 1. The SMILES string of the molecule is CCOc1ccc(NC(=O)N2C(=O)CSc3ccccc32)cc1. The molecule has 1 aliphatic rings. The molecule has 1 aliphatic heterocycles. The summed E-state index contributed by atoms with van der Waals surface area (Å²) in [5.41, 5.74) is 1.24. The summed E-state index contributed by atoms with van der Waals surface area (Å²) in [6, 6.07) is 14.0. The number of urea groups is 1. The first kappa shape index (κ1) is 15.4. The highest BCUT2D eigenvalue weighted by molar-refractivity contribution is 8.00. The van der Waals surface area contributed by atoms with Gasteiger partial charge in [-0.2, -0.15) is 0 Å². The van der Waals surface area contributed by atoms with Crippen molar-refractivity contribution in [2.24, 2.45) is 0 Å². The van der Waals surface area contributed by atoms with E-state index in [-0.39, 0.29) is 11.7 Å². The average molecular weight is 328 g/mol. The summed E-state index contributed by atoms with van der Waals surface area (Å²) in [5.74, 6) is 0.770. The van der Waals surface area contributed by atoms with E-state index in [4.69, 9.17) is 4.74 Å². The minimum atomic E-state index is -0.452. The fraction of sp³-hybridized carbons (Fsp3) is 0.176. The fourth-order valence-corrected chi connectivity index (χ4v) is 3.20. The van der Waals surface area contributed by atoms with Gasteiger partial charge in [0.25, 0.3) is 0 Å². The van der Waals surface area contributed by atoms with Gasteiger partial charge in [0.1, 0.15) is 5.75 Å². The number of nitrogens with zero attached hydrogens (tertiary/aromatic N) is 1. The molecule has 0 atom stereocenters. The summed E-state index contributed by atoms with van der Waals surface area (Å²) in [7, 11) is 0. The van der Waals surface area contributed by atoms with E-state index >= 15 is 0 Å². The van der Waals surface area contributed by atoms with Crippen LogP contribution in [0.3, 0.4) is 0 Å². The van der Waals surface area contributed by atoms with Crippen molar-refractivity contribution in [3.8, 4) is 5.75 Å². The molecule has 0 saturated carbocycles. The predicted molar refractivity (Wildman–Crippen MR) is 91.3 cm³/mol. The molecule has 0 saturated heterocycles. The number of thioether (sulfide) groups is 1. The number of anilines is 2. The Morgan fingerprint density at radius 1 is 1.22 bits per heavy atom. The summed E-state index contributed by atoms with van der Waals surface area (Å²) >= 11 is 1.44. The van der Waals surface area contributed by atoms with Crippen LogP contribution >= 0.6 is 11.8 Å². The van der Waals surface area contributed by atoms with Crippen molar-refractivity contribution in [1.29, 1.82) is 0 Å². The lowest BCUT2D eigenvalue weighted by atomic mass is 10.2. The van der Waals surface area contributed by atoms with Crippen molar-refractivity contribution in [2.45, 2.75) is 11.8 Å². The van der Waals surface area contributed by atoms with E-state index in [1.165, 1.54) is 16.7 Å². The van der Waals surface area contributed by atoms with Gasteiger partial charge < -0.3 is 10.1 Å². The normalized spacial score (nSPS) is 13.4. The molecule has 0 aliphatic carbocycles. The smallest absolute Gasteiger partial charge is 0.333 e. The van der Waals surface area contributed by atoms with Gasteiger partial charge in [0.05, 0.1) is 18.0 Å². The zero-order chi connectivity index (χ0) is 16.2. The summed E-state index contributed by atoms with van der Waals surface area (Å²) < 4.78 is 5.37. The lowest BCUT2D eigenvalue weighted by Crippen LogP contribution is -2.43. The molecule has 5 nitrogen and oxygen atoms in total. The topological polar surface area (TPSA) is 58.6 Å². The number of carbonyl (C=O) groups is 2. The summed E-state index contributed by atoms with van der Waals surface area (Å²) in [5, 5.41) is 2.75. The van der Waals surface area contributed by atoms with Gasteiger partial charge in [0.2, 0.25) is 5.91 Å². The molecule has 0 aromatic heterocycles. The van der Waals surface area contributed by atoms with Gasteiger partial charge in [-0.25, -0.2) is 9.69 Å². The van der Waals surface area contributed by atoms with Crippen LogP contribution in [0.2, 0.25) is 0 Å². The fourth-order valence-electron chi connectivity index (χ4n) is 2.31. The second-order valence-corrected chi connectivity index (χ2v) is 5.89. The number of hydrogen-bond acceptors (Lipinski definition) is 4. The van der Waals surface area contributed by atoms with Crippen LogP contribution < -0.4 is 15.0 Å². The van der Waals surface area contributed by atoms with E-state index < -0.39 is 6.03 Å². The van der Waals surface area contributed by atoms with Crippen LogP contribution in [0.25, 0.3) is 0 Å². The third-order valence-electron chi connectivity index (χ3n) is 3.33. The molecule has 2 aromatic carbocycles. The highest BCUT2D eigenvalue weighted by atomic mass is 32.2. The molecule has 3 rings (SSSR count). The maximum absolute atomic E-state index is 12.5. The van der Waals surface area contributed by atoms with Crippen LogP contribution in [0.4, 0.5) is 16.2 Å². The van der Waals surface area contributed by atoms with Crippen molar-refractivity contribution in [3.05, 3.63) is 48.5 Å². The quantitative estimate of drug-likeness (QED) is 0.932. The number of hydrogen-bond donors (Lipinski definition) is 1. The molecule has 118 valence electrons. The van der Waals surface area contributed by atoms with E-state index in [1.807, 2.05) is 25.1 Å². The van der Waals surface area contributed by atoms with Crippen molar-refractivity contribution in [2.75, 3.05) is 22.6 Å². The van der Waals surface area contributed by atoms with Crippen LogP contribution in [0.5, 0.6) is 5.75 Å². The Balaban J connectivity index is 1.79. The number of rotatable bonds is 3. The summed E-state index contributed by atoms with van der Waals surface area (Å²) in [6.45, 7) is 2.50. The van der Waals surface area contributed by atoms with E-state index in [2.05, 4.69) is 5.32 Å². The van der Waals surface area contributed by atoms with E-state index in [9.17, 15) is 9.59 Å². The molecular formula is C17H16N2O3S. The molecule has 0 fully saturated rings. The second kappa shape index (κ2) is 6.75. The lowest BCUT2D eigenvalue weighted by molar-refractivity contribution is -0.115. The summed E-state index contributed by atoms with van der Waals surface area (Å²) in [4.78, 5) is 26.8. The molecule has 2 aromatic rings. The molecule has 0 unspecified atom stereocenters. The highest BCUT2D eigenvalue weighted by Gasteiger charge is 2.29. The lowest BCUT2D eigenvalue weighted by Gasteiger charge is -2.27. The third kappa shape index (κ3) is 3.32. The largest absolute Gasteiger partial charge is 0.494 e. The Bertz CT molecular complexity index is 731. The van der Waals surface area contributed by atoms with Gasteiger partial charge in [0, 0.05) is 10.6 Å². The van der Waals surface area contributed by atoms with Crippen molar-refractivity contribution in [3.63, 3.8) is 0 Å². The number of amides is 3. The molecule has 23 heavy (non-hydrogen) atoms. The molecular weight excluding hydrogens is 312 g/mol. The van der Waals surface area contributed by atoms with Crippen LogP contribution in [-0.4, -0.2) is 24.3 Å². The Labute approximate surface area is 138 Å². The summed E-state index contributed by atoms with van der Waals surface area (Å²) in [6.07, 6.45) is 0. The molecule has 3 amide bonds. The number of para-hydroxylation sites is 1. The first-order valence-electron chi connectivity index (χ1n) is 7.27. The molecule has 1 N–H and O–H groups in total. The molecule has 0 bridgehead atoms. The minimum Gasteiger partial charge on any atom is -0.494 e. The van der Waals surface area contributed by atoms with E-state index in [0.29, 0.717) is 18.0 Å². The second-order valence-electron chi connectivity index (χ2n) is 4.87. The Morgan fingerprint density at radius 2 is 1.96 bits per heavy atom. The zero-order valence-electron chi connectivity index (χ0n) is 12.6. The van der Waals surface area contributed by atoms with Crippen molar-refractivity contribution < 1.29 is 14.3 Å². The Hall–Kier alpha value is -2.47. The predicted octanol–water partition coefficient (Wildman–Crippen LogP) is 3.76. The first-order valence-corrected chi connectivity index (χ1v) is 8.26. The van der Waals surface area contributed by atoms with Gasteiger partial charge in [0.15, 0.2) is 0 Å². The van der Waals surface area contributed by atoms with Gasteiger partial charge in [-0.1, -0.05) is 12.1 Å². The van der Waals surface area contributed by atoms with E-state index in [0.717, 1.165) is 10.6 Å². The number of imide groups is 1. The van der Waals surface area contributed by atoms with Crippen LogP contribution in [-0.2, 0) is 4.79 Å². The number of benzene rings is 2. The standard InChI is InChI=1S/C17H16N2O3S/c1-2-22-13-9-7-12(8-10-13)18-17(21)19-14-5-3-4-6-15(14)23-11-16(19)20/h3-10H,2,11H2,1H3,(H,18,21). The molecule has 0 spiro atoms. The number of fused-ring (bicyclic) bond motifs is 1. The maximum Gasteiger partial charge on any atom is 0.333 e. The van der Waals surface area contributed by atoms with Crippen LogP contribution in [0, 0.1) is 0 Å². The van der Waals surface area contributed by atoms with E-state index in [1.54, 1.807) is 30.3 Å². The van der Waals surface area contributed by atoms with Gasteiger partial charge in [-0.05, 0) is 43.3 Å². The highest BCUT2D eigenvalue weighted by Crippen LogP contribution is 2.35. The Kier molecular flexibility index (Phi) is 4.52. The number of carbonyl (C=O) groups excluding carboxylic acids is 2. The Morgan fingerprint density at radius 3 is 2.70 bits per heavy atom. The van der Waals surface area contributed by atoms with Crippen molar-refractivity contribution in [1.82, 2.24) is 0 Å². The third-order valence-corrected chi connectivity index (χ3v) is 4.37. The monoisotopic (exact) mass is 328 g/mol. The van der Waals surface area contributed by atoms with Gasteiger partial charge >= 0.3 is 6.03 Å². The van der Waals surface area contributed by atoms with Gasteiger partial charge in [-0.15, -0.1) is 11.8 Å².